The summed E-state index contributed by atoms with van der Waals surface area (Å²) >= 11 is 5.85. The zero-order chi connectivity index (χ0) is 8.97. The average molecular weight is 183 g/mol. The van der Waals surface area contributed by atoms with Gasteiger partial charge >= 0.3 is 5.69 Å². The molecule has 0 spiro atoms. The van der Waals surface area contributed by atoms with Gasteiger partial charge in [-0.15, -0.1) is 0 Å². The van der Waals surface area contributed by atoms with Crippen LogP contribution in [0, 0.1) is 5.39 Å². The van der Waals surface area contributed by atoms with E-state index in [1.165, 1.54) is 0 Å². The fraction of sp³-hybridized carbons (Fsp3) is 0.250. The summed E-state index contributed by atoms with van der Waals surface area (Å²) < 4.78 is 0. The predicted octanol–water partition coefficient (Wildman–Crippen LogP) is 3.26. The molecule has 1 aromatic carbocycles. The van der Waals surface area contributed by atoms with E-state index < -0.39 is 0 Å². The standard InChI is InChI=1S/C8H9ClN3/c1-2-11-8-4-3-6(12-10)5-7(8)9/h3-5,11H,2H2,1H3/q+1. The Bertz CT molecular complexity index is 317. The van der Waals surface area contributed by atoms with E-state index in [1.54, 1.807) is 18.2 Å². The number of hydrogen-bond acceptors (Lipinski definition) is 2. The van der Waals surface area contributed by atoms with Gasteiger partial charge in [0, 0.05) is 12.6 Å². The lowest BCUT2D eigenvalue weighted by Gasteiger charge is -2.02. The van der Waals surface area contributed by atoms with E-state index in [0.29, 0.717) is 10.7 Å². The van der Waals surface area contributed by atoms with Gasteiger partial charge in [0.05, 0.1) is 16.8 Å². The molecule has 4 heteroatoms. The Morgan fingerprint density at radius 2 is 2.33 bits per heavy atom. The van der Waals surface area contributed by atoms with Crippen molar-refractivity contribution in [3.8, 4) is 0 Å². The Morgan fingerprint density at radius 1 is 1.58 bits per heavy atom. The highest BCUT2D eigenvalue weighted by Crippen LogP contribution is 2.26. The smallest absolute Gasteiger partial charge is 0.384 e. The van der Waals surface area contributed by atoms with Gasteiger partial charge < -0.3 is 5.32 Å². The van der Waals surface area contributed by atoms with E-state index in [0.717, 1.165) is 12.2 Å². The first-order valence-electron chi connectivity index (χ1n) is 3.66. The van der Waals surface area contributed by atoms with Crippen LogP contribution in [0.4, 0.5) is 11.4 Å². The van der Waals surface area contributed by atoms with Crippen LogP contribution in [0.5, 0.6) is 0 Å². The third-order valence-corrected chi connectivity index (χ3v) is 1.75. The number of halogens is 1. The van der Waals surface area contributed by atoms with Gasteiger partial charge in [0.2, 0.25) is 5.39 Å². The summed E-state index contributed by atoms with van der Waals surface area (Å²) in [5.74, 6) is 0. The van der Waals surface area contributed by atoms with E-state index in [-0.39, 0.29) is 0 Å². The minimum absolute atomic E-state index is 0.460. The van der Waals surface area contributed by atoms with Crippen LogP contribution in [0.1, 0.15) is 6.92 Å². The summed E-state index contributed by atoms with van der Waals surface area (Å²) in [4.78, 5) is 3.02. The highest BCUT2D eigenvalue weighted by Gasteiger charge is 2.07. The van der Waals surface area contributed by atoms with Crippen molar-refractivity contribution in [3.63, 3.8) is 0 Å². The van der Waals surface area contributed by atoms with Crippen molar-refractivity contribution in [1.29, 1.82) is 5.39 Å². The molecule has 0 aliphatic carbocycles. The molecule has 1 rings (SSSR count). The lowest BCUT2D eigenvalue weighted by molar-refractivity contribution is 1.21. The maximum absolute atomic E-state index is 8.43. The largest absolute Gasteiger partial charge is 0.386 e. The number of benzene rings is 1. The van der Waals surface area contributed by atoms with E-state index in [2.05, 4.69) is 10.3 Å². The number of nitrogens with zero attached hydrogens (tertiary/aromatic N) is 2. The SMILES string of the molecule is CCNc1ccc([N+]#N)cc1Cl. The first kappa shape index (κ1) is 8.82. The van der Waals surface area contributed by atoms with Crippen LogP contribution in [0.15, 0.2) is 18.2 Å². The van der Waals surface area contributed by atoms with E-state index in [4.69, 9.17) is 17.0 Å². The molecule has 0 aliphatic heterocycles. The molecule has 0 fully saturated rings. The molecule has 0 saturated carbocycles. The molecule has 1 N–H and O–H groups in total. The third-order valence-electron chi connectivity index (χ3n) is 1.44. The summed E-state index contributed by atoms with van der Waals surface area (Å²) in [6, 6.07) is 5.06. The van der Waals surface area contributed by atoms with Crippen molar-refractivity contribution in [2.45, 2.75) is 6.92 Å². The molecule has 0 heterocycles. The van der Waals surface area contributed by atoms with Gasteiger partial charge in [-0.05, 0) is 13.0 Å². The van der Waals surface area contributed by atoms with Gasteiger partial charge in [0.1, 0.15) is 0 Å². The Kier molecular flexibility index (Phi) is 2.89. The highest BCUT2D eigenvalue weighted by molar-refractivity contribution is 6.33. The summed E-state index contributed by atoms with van der Waals surface area (Å²) in [7, 11) is 0. The second-order valence-corrected chi connectivity index (χ2v) is 2.70. The fourth-order valence-corrected chi connectivity index (χ4v) is 1.14. The first-order chi connectivity index (χ1) is 5.77. The van der Waals surface area contributed by atoms with Crippen LogP contribution in [-0.2, 0) is 0 Å². The van der Waals surface area contributed by atoms with Crippen LogP contribution in [0.2, 0.25) is 5.02 Å². The topological polar surface area (TPSA) is 40.2 Å². The molecule has 0 unspecified atom stereocenters. The van der Waals surface area contributed by atoms with Crippen molar-refractivity contribution >= 4 is 23.0 Å². The predicted molar refractivity (Wildman–Crippen MR) is 50.4 cm³/mol. The maximum atomic E-state index is 8.43. The summed E-state index contributed by atoms with van der Waals surface area (Å²) in [6.07, 6.45) is 0. The normalized spacial score (nSPS) is 9.08. The molecule has 0 atom stereocenters. The van der Waals surface area contributed by atoms with Crippen LogP contribution in [-0.4, -0.2) is 6.54 Å². The lowest BCUT2D eigenvalue weighted by atomic mass is 10.3. The van der Waals surface area contributed by atoms with Gasteiger partial charge in [-0.2, -0.15) is 0 Å². The molecular formula is C8H9ClN3+. The van der Waals surface area contributed by atoms with E-state index in [9.17, 15) is 0 Å². The zero-order valence-electron chi connectivity index (χ0n) is 6.71. The van der Waals surface area contributed by atoms with Crippen LogP contribution in [0.25, 0.3) is 4.98 Å². The monoisotopic (exact) mass is 182 g/mol. The number of anilines is 1. The first-order valence-corrected chi connectivity index (χ1v) is 4.04. The Hall–Kier alpha value is -1.27. The molecule has 1 aromatic rings. The Morgan fingerprint density at radius 3 is 2.83 bits per heavy atom. The number of nitrogens with one attached hydrogen (secondary N) is 1. The quantitative estimate of drug-likeness (QED) is 0.714. The van der Waals surface area contributed by atoms with Crippen molar-refractivity contribution in [1.82, 2.24) is 0 Å². The van der Waals surface area contributed by atoms with Gasteiger partial charge in [0.15, 0.2) is 4.98 Å². The fourth-order valence-electron chi connectivity index (χ4n) is 0.900. The molecule has 62 valence electrons. The maximum Gasteiger partial charge on any atom is 0.386 e. The minimum Gasteiger partial charge on any atom is -0.384 e. The summed E-state index contributed by atoms with van der Waals surface area (Å²) in [5.41, 5.74) is 1.31. The van der Waals surface area contributed by atoms with Crippen LogP contribution < -0.4 is 5.32 Å². The van der Waals surface area contributed by atoms with Crippen molar-refractivity contribution in [3.05, 3.63) is 28.2 Å². The lowest BCUT2D eigenvalue weighted by Crippen LogP contribution is -1.96. The molecule has 0 aromatic heterocycles. The number of diazo groups is 1. The molecule has 0 bridgehead atoms. The molecule has 0 radical (unpaired) electrons. The molecule has 12 heavy (non-hydrogen) atoms. The van der Waals surface area contributed by atoms with Crippen molar-refractivity contribution < 1.29 is 0 Å². The van der Waals surface area contributed by atoms with Gasteiger partial charge in [-0.1, -0.05) is 11.6 Å². The van der Waals surface area contributed by atoms with Crippen LogP contribution in [0.3, 0.4) is 0 Å². The second-order valence-electron chi connectivity index (χ2n) is 2.29. The number of rotatable bonds is 2. The molecule has 0 amide bonds. The number of hydrogen-bond donors (Lipinski definition) is 1. The molecule has 0 saturated heterocycles. The van der Waals surface area contributed by atoms with E-state index in [1.807, 2.05) is 6.92 Å². The average Bonchev–Trinajstić information content (AvgIpc) is 2.09. The van der Waals surface area contributed by atoms with Gasteiger partial charge in [0.25, 0.3) is 0 Å². The minimum atomic E-state index is 0.460. The highest BCUT2D eigenvalue weighted by atomic mass is 35.5. The summed E-state index contributed by atoms with van der Waals surface area (Å²) in [5, 5.41) is 12.1. The van der Waals surface area contributed by atoms with Gasteiger partial charge in [-0.3, -0.25) is 0 Å². The van der Waals surface area contributed by atoms with E-state index >= 15 is 0 Å². The molecule has 3 nitrogen and oxygen atoms in total. The van der Waals surface area contributed by atoms with Crippen LogP contribution >= 0.6 is 11.6 Å². The molecular weight excluding hydrogens is 174 g/mol. The Balaban J connectivity index is 2.97. The zero-order valence-corrected chi connectivity index (χ0v) is 7.47. The molecule has 0 aliphatic rings. The third kappa shape index (κ3) is 1.86. The second kappa shape index (κ2) is 3.93. The van der Waals surface area contributed by atoms with Gasteiger partial charge in [-0.25, -0.2) is 0 Å². The Labute approximate surface area is 76.0 Å². The summed E-state index contributed by atoms with van der Waals surface area (Å²) in [6.45, 7) is 2.80. The van der Waals surface area contributed by atoms with Crippen molar-refractivity contribution in [2.24, 2.45) is 0 Å². The van der Waals surface area contributed by atoms with Crippen molar-refractivity contribution in [2.75, 3.05) is 11.9 Å².